The Morgan fingerprint density at radius 1 is 1.10 bits per heavy atom. The zero-order chi connectivity index (χ0) is 22.6. The second-order valence-corrected chi connectivity index (χ2v) is 8.84. The van der Waals surface area contributed by atoms with Crippen LogP contribution in [0.1, 0.15) is 23.0 Å². The molecule has 0 atom stereocenters. The van der Waals surface area contributed by atoms with Crippen molar-refractivity contribution in [2.45, 2.75) is 17.3 Å². The van der Waals surface area contributed by atoms with Gasteiger partial charge in [-0.15, -0.1) is 0 Å². The number of halogens is 4. The zero-order valence-corrected chi connectivity index (χ0v) is 18.6. The van der Waals surface area contributed by atoms with Crippen molar-refractivity contribution < 1.29 is 18.7 Å². The van der Waals surface area contributed by atoms with Crippen molar-refractivity contribution in [1.82, 2.24) is 4.57 Å². The van der Waals surface area contributed by atoms with E-state index in [1.807, 2.05) is 30.3 Å². The maximum absolute atomic E-state index is 13.9. The number of esters is 1. The summed E-state index contributed by atoms with van der Waals surface area (Å²) < 4.78 is 18.5. The molecule has 31 heavy (non-hydrogen) atoms. The van der Waals surface area contributed by atoms with Crippen molar-refractivity contribution >= 4 is 52.4 Å². The van der Waals surface area contributed by atoms with Crippen LogP contribution in [0.5, 0.6) is 0 Å². The maximum atomic E-state index is 13.9. The lowest BCUT2D eigenvalue weighted by Gasteiger charge is -2.15. The number of alkyl halides is 3. The minimum Gasteiger partial charge on any atom is -0.461 e. The molecule has 0 unspecified atom stereocenters. The summed E-state index contributed by atoms with van der Waals surface area (Å²) in [6.07, 6.45) is 1.63. The molecule has 1 heterocycles. The number of hydrogen-bond donors (Lipinski definition) is 1. The lowest BCUT2D eigenvalue weighted by Crippen LogP contribution is -2.28. The van der Waals surface area contributed by atoms with Crippen molar-refractivity contribution in [3.63, 3.8) is 0 Å². The molecule has 0 saturated heterocycles. The molecule has 1 aromatic heterocycles. The Balaban J connectivity index is 2.21. The molecule has 0 aliphatic heterocycles. The van der Waals surface area contributed by atoms with Gasteiger partial charge in [-0.3, -0.25) is 4.79 Å². The lowest BCUT2D eigenvalue weighted by molar-refractivity contribution is -0.115. The number of nitrogens with one attached hydrogen (secondary N) is 1. The molecule has 0 bridgehead atoms. The van der Waals surface area contributed by atoms with E-state index in [2.05, 4.69) is 5.32 Å². The topological polar surface area (TPSA) is 60.3 Å². The van der Waals surface area contributed by atoms with Gasteiger partial charge in [-0.25, -0.2) is 9.18 Å². The van der Waals surface area contributed by atoms with E-state index < -0.39 is 21.5 Å². The van der Waals surface area contributed by atoms with Gasteiger partial charge in [0.1, 0.15) is 5.82 Å². The van der Waals surface area contributed by atoms with Crippen molar-refractivity contribution in [3.05, 3.63) is 77.9 Å². The van der Waals surface area contributed by atoms with Gasteiger partial charge in [0.25, 0.3) is 9.70 Å². The first kappa shape index (κ1) is 23.1. The smallest absolute Gasteiger partial charge is 0.357 e. The molecule has 0 radical (unpaired) electrons. The molecule has 2 aromatic carbocycles. The van der Waals surface area contributed by atoms with Crippen molar-refractivity contribution in [2.24, 2.45) is 0 Å². The number of rotatable bonds is 6. The largest absolute Gasteiger partial charge is 0.461 e. The van der Waals surface area contributed by atoms with Gasteiger partial charge in [0, 0.05) is 18.3 Å². The molecule has 1 amide bonds. The predicted octanol–water partition coefficient (Wildman–Crippen LogP) is 5.83. The van der Waals surface area contributed by atoms with E-state index in [0.717, 1.165) is 5.56 Å². The van der Waals surface area contributed by atoms with E-state index >= 15 is 0 Å². The van der Waals surface area contributed by atoms with Gasteiger partial charge >= 0.3 is 5.97 Å². The van der Waals surface area contributed by atoms with E-state index in [9.17, 15) is 14.0 Å². The fourth-order valence-electron chi connectivity index (χ4n) is 3.07. The van der Waals surface area contributed by atoms with Crippen LogP contribution in [0.2, 0.25) is 0 Å². The monoisotopic (exact) mass is 482 g/mol. The number of benzene rings is 2. The van der Waals surface area contributed by atoms with Gasteiger partial charge in [-0.05, 0) is 30.2 Å². The summed E-state index contributed by atoms with van der Waals surface area (Å²) in [5.74, 6) is -2.12. The van der Waals surface area contributed by atoms with Gasteiger partial charge < -0.3 is 14.6 Å². The third-order valence-electron chi connectivity index (χ3n) is 4.37. The van der Waals surface area contributed by atoms with Crippen LogP contribution < -0.4 is 5.32 Å². The molecule has 3 rings (SSSR count). The molecule has 0 aliphatic carbocycles. The van der Waals surface area contributed by atoms with Crippen molar-refractivity contribution in [2.75, 3.05) is 11.9 Å². The van der Waals surface area contributed by atoms with Crippen LogP contribution in [0, 0.1) is 5.82 Å². The highest BCUT2D eigenvalue weighted by atomic mass is 35.6. The summed E-state index contributed by atoms with van der Waals surface area (Å²) in [6, 6.07) is 15.1. The molecule has 1 N–H and O–H groups in total. The number of carbonyl (C=O) groups excluding carboxylic acids is 2. The maximum Gasteiger partial charge on any atom is 0.357 e. The first-order valence-electron chi connectivity index (χ1n) is 9.29. The number of nitrogens with zero attached hydrogens (tertiary/aromatic N) is 1. The third-order valence-corrected chi connectivity index (χ3v) is 4.89. The molecule has 162 valence electrons. The molecular weight excluding hydrogens is 466 g/mol. The minimum absolute atomic E-state index is 0.0487. The van der Waals surface area contributed by atoms with E-state index in [1.54, 1.807) is 23.8 Å². The van der Waals surface area contributed by atoms with E-state index in [1.165, 1.54) is 18.2 Å². The third kappa shape index (κ3) is 5.58. The highest BCUT2D eigenvalue weighted by Crippen LogP contribution is 2.37. The molecule has 3 aromatic rings. The summed E-state index contributed by atoms with van der Waals surface area (Å²) in [5, 5.41) is 2.50. The first-order chi connectivity index (χ1) is 14.7. The Hall–Kier alpha value is -2.54. The molecule has 0 saturated carbocycles. The van der Waals surface area contributed by atoms with Crippen LogP contribution in [-0.4, -0.2) is 26.8 Å². The quantitative estimate of drug-likeness (QED) is 0.354. The van der Waals surface area contributed by atoms with Crippen molar-refractivity contribution in [3.8, 4) is 11.1 Å². The average molecular weight is 484 g/mol. The molecule has 0 spiro atoms. The van der Waals surface area contributed by atoms with Crippen molar-refractivity contribution in [1.29, 1.82) is 0 Å². The molecule has 0 aliphatic rings. The van der Waals surface area contributed by atoms with Gasteiger partial charge in [-0.2, -0.15) is 0 Å². The normalized spacial score (nSPS) is 11.3. The number of anilines is 1. The summed E-state index contributed by atoms with van der Waals surface area (Å²) in [4.78, 5) is 25.3. The van der Waals surface area contributed by atoms with Gasteiger partial charge in [-0.1, -0.05) is 77.3 Å². The molecule has 0 fully saturated rings. The highest BCUT2D eigenvalue weighted by Gasteiger charge is 2.34. The van der Waals surface area contributed by atoms with Gasteiger partial charge in [0.05, 0.1) is 12.3 Å². The fourth-order valence-corrected chi connectivity index (χ4v) is 3.21. The number of hydrogen-bond acceptors (Lipinski definition) is 3. The van der Waals surface area contributed by atoms with Crippen LogP contribution >= 0.6 is 34.8 Å². The summed E-state index contributed by atoms with van der Waals surface area (Å²) in [6.45, 7) is 2.07. The number of carbonyl (C=O) groups is 2. The van der Waals surface area contributed by atoms with Crippen LogP contribution in [-0.2, 0) is 16.1 Å². The molecule has 5 nitrogen and oxygen atoms in total. The van der Waals surface area contributed by atoms with Crippen LogP contribution in [0.25, 0.3) is 11.1 Å². The number of amides is 1. The Bertz CT molecular complexity index is 1100. The molecular formula is C22H18Cl3FN2O3. The zero-order valence-electron chi connectivity index (χ0n) is 16.4. The second-order valence-electron chi connectivity index (χ2n) is 6.56. The average Bonchev–Trinajstić information content (AvgIpc) is 3.06. The van der Waals surface area contributed by atoms with Crippen LogP contribution in [0.15, 0.2) is 60.8 Å². The summed E-state index contributed by atoms with van der Waals surface area (Å²) >= 11 is 17.2. The molecule has 9 heteroatoms. The Kier molecular flexibility index (Phi) is 7.26. The fraction of sp³-hybridized carbons (Fsp3) is 0.182. The van der Waals surface area contributed by atoms with E-state index in [-0.39, 0.29) is 18.0 Å². The van der Waals surface area contributed by atoms with Crippen LogP contribution in [0.3, 0.4) is 0 Å². The highest BCUT2D eigenvalue weighted by molar-refractivity contribution is 6.76. The van der Waals surface area contributed by atoms with Gasteiger partial charge in [0.15, 0.2) is 5.69 Å². The number of aromatic nitrogens is 1. The lowest BCUT2D eigenvalue weighted by atomic mass is 10.1. The Labute approximate surface area is 193 Å². The minimum atomic E-state index is -2.27. The van der Waals surface area contributed by atoms with Gasteiger partial charge in [0.2, 0.25) is 0 Å². The standard InChI is InChI=1S/C22H18Cl3FN2O3/c1-2-31-20(29)19-18(27-21(30)22(23,24)25)17(15-9-6-10-16(26)11-15)13-28(19)12-14-7-4-3-5-8-14/h3-11,13H,2,12H2,1H3,(H,27,30). The second kappa shape index (κ2) is 9.73. The Morgan fingerprint density at radius 3 is 2.42 bits per heavy atom. The SMILES string of the molecule is CCOC(=O)c1c(NC(=O)C(Cl)(Cl)Cl)c(-c2cccc(F)c2)cn1Cc1ccccc1. The van der Waals surface area contributed by atoms with E-state index in [0.29, 0.717) is 17.7 Å². The van der Waals surface area contributed by atoms with E-state index in [4.69, 9.17) is 39.5 Å². The van der Waals surface area contributed by atoms with Crippen LogP contribution in [0.4, 0.5) is 10.1 Å². The summed E-state index contributed by atoms with van der Waals surface area (Å²) in [7, 11) is 0. The number of ether oxygens (including phenoxy) is 1. The predicted molar refractivity (Wildman–Crippen MR) is 120 cm³/mol. The summed E-state index contributed by atoms with van der Waals surface area (Å²) in [5.41, 5.74) is 1.81. The first-order valence-corrected chi connectivity index (χ1v) is 10.4. The Morgan fingerprint density at radius 2 is 1.81 bits per heavy atom.